The zero-order chi connectivity index (χ0) is 29.0. The lowest BCUT2D eigenvalue weighted by Gasteiger charge is -2.28. The van der Waals surface area contributed by atoms with Crippen LogP contribution in [0.2, 0.25) is 0 Å². The summed E-state index contributed by atoms with van der Waals surface area (Å²) >= 11 is 0. The summed E-state index contributed by atoms with van der Waals surface area (Å²) in [5.74, 6) is 1.54. The Kier molecular flexibility index (Phi) is 6.52. The van der Waals surface area contributed by atoms with Gasteiger partial charge in [0.1, 0.15) is 22.6 Å². The third-order valence-electron chi connectivity index (χ3n) is 8.71. The molecule has 2 aromatic carbocycles. The molecule has 1 saturated heterocycles. The summed E-state index contributed by atoms with van der Waals surface area (Å²) in [6.45, 7) is 6.32. The highest BCUT2D eigenvalue weighted by molar-refractivity contribution is 6.03. The van der Waals surface area contributed by atoms with E-state index in [0.717, 1.165) is 46.8 Å². The van der Waals surface area contributed by atoms with E-state index in [1.165, 1.54) is 25.7 Å². The van der Waals surface area contributed by atoms with Gasteiger partial charge in [-0.1, -0.05) is 18.9 Å². The second kappa shape index (κ2) is 10.3. The number of benzene rings is 2. The van der Waals surface area contributed by atoms with Crippen LogP contribution in [0.5, 0.6) is 0 Å². The Morgan fingerprint density at radius 3 is 2.62 bits per heavy atom. The van der Waals surface area contributed by atoms with Gasteiger partial charge in [0, 0.05) is 36.4 Å². The second-order valence-electron chi connectivity index (χ2n) is 12.8. The van der Waals surface area contributed by atoms with Gasteiger partial charge in [-0.25, -0.2) is 9.78 Å². The number of aromatic nitrogens is 2. The second-order valence-corrected chi connectivity index (χ2v) is 12.8. The first kappa shape index (κ1) is 26.7. The van der Waals surface area contributed by atoms with E-state index in [9.17, 15) is 9.59 Å². The van der Waals surface area contributed by atoms with Crippen molar-refractivity contribution >= 4 is 39.3 Å². The normalized spacial score (nSPS) is 19.6. The molecule has 8 nitrogen and oxygen atoms in total. The molecule has 2 aromatic heterocycles. The van der Waals surface area contributed by atoms with E-state index in [1.807, 2.05) is 69.6 Å². The Morgan fingerprint density at radius 2 is 1.81 bits per heavy atom. The molecule has 216 valence electrons. The molecule has 4 aromatic rings. The molecule has 1 N–H and O–H groups in total. The van der Waals surface area contributed by atoms with E-state index in [-0.39, 0.29) is 17.6 Å². The van der Waals surface area contributed by atoms with Crippen molar-refractivity contribution in [2.75, 3.05) is 6.54 Å². The van der Waals surface area contributed by atoms with Crippen molar-refractivity contribution in [3.8, 4) is 11.3 Å². The van der Waals surface area contributed by atoms with Crippen LogP contribution in [-0.4, -0.2) is 44.9 Å². The maximum Gasteiger partial charge on any atom is 0.410 e. The van der Waals surface area contributed by atoms with Crippen LogP contribution in [0.1, 0.15) is 83.0 Å². The van der Waals surface area contributed by atoms with Crippen LogP contribution >= 0.6 is 0 Å². The van der Waals surface area contributed by atoms with Gasteiger partial charge in [0.2, 0.25) is 5.43 Å². The van der Waals surface area contributed by atoms with Crippen molar-refractivity contribution in [3.63, 3.8) is 0 Å². The molecule has 1 saturated carbocycles. The number of amides is 1. The van der Waals surface area contributed by atoms with Crippen molar-refractivity contribution in [1.29, 1.82) is 0 Å². The Bertz CT molecular complexity index is 1820. The largest absolute Gasteiger partial charge is 0.456 e. The minimum atomic E-state index is -0.538. The van der Waals surface area contributed by atoms with E-state index in [4.69, 9.17) is 14.1 Å². The zero-order valence-electron chi connectivity index (χ0n) is 24.4. The molecular weight excluding hydrogens is 528 g/mol. The molecule has 1 aliphatic carbocycles. The smallest absolute Gasteiger partial charge is 0.410 e. The van der Waals surface area contributed by atoms with Crippen molar-refractivity contribution in [2.24, 2.45) is 4.99 Å². The van der Waals surface area contributed by atoms with Gasteiger partial charge in [-0.3, -0.25) is 14.7 Å². The molecule has 7 rings (SSSR count). The number of imidazole rings is 1. The van der Waals surface area contributed by atoms with Gasteiger partial charge in [-0.15, -0.1) is 0 Å². The van der Waals surface area contributed by atoms with Crippen molar-refractivity contribution in [2.45, 2.75) is 83.3 Å². The molecule has 4 heterocycles. The Labute approximate surface area is 244 Å². The number of likely N-dealkylation sites (tertiary alicyclic amines) is 1. The topological polar surface area (TPSA) is 101 Å². The van der Waals surface area contributed by atoms with Crippen molar-refractivity contribution in [3.05, 3.63) is 70.4 Å². The van der Waals surface area contributed by atoms with E-state index >= 15 is 0 Å². The predicted octanol–water partition coefficient (Wildman–Crippen LogP) is 7.58. The maximum absolute atomic E-state index is 13.6. The number of ether oxygens (including phenoxy) is 1. The molecule has 1 amide bonds. The lowest BCUT2D eigenvalue weighted by molar-refractivity contribution is 0.0265. The number of nitrogens with zero attached hydrogens (tertiary/aromatic N) is 3. The van der Waals surface area contributed by atoms with Crippen LogP contribution in [0.25, 0.3) is 38.8 Å². The molecule has 0 radical (unpaired) electrons. The fourth-order valence-electron chi connectivity index (χ4n) is 6.59. The lowest BCUT2D eigenvalue weighted by atomic mass is 9.97. The zero-order valence-corrected chi connectivity index (χ0v) is 24.4. The van der Waals surface area contributed by atoms with Crippen molar-refractivity contribution in [1.82, 2.24) is 14.9 Å². The highest BCUT2D eigenvalue weighted by atomic mass is 16.6. The van der Waals surface area contributed by atoms with Gasteiger partial charge >= 0.3 is 6.09 Å². The summed E-state index contributed by atoms with van der Waals surface area (Å²) in [5.41, 5.74) is 5.33. The predicted molar refractivity (Wildman–Crippen MR) is 165 cm³/mol. The third kappa shape index (κ3) is 4.93. The van der Waals surface area contributed by atoms with Crippen molar-refractivity contribution < 1.29 is 13.9 Å². The molecule has 3 aliphatic rings. The fourth-order valence-corrected chi connectivity index (χ4v) is 6.59. The molecule has 42 heavy (non-hydrogen) atoms. The van der Waals surface area contributed by atoms with Gasteiger partial charge in [0.15, 0.2) is 0 Å². The van der Waals surface area contributed by atoms with Gasteiger partial charge in [0.05, 0.1) is 28.7 Å². The average Bonchev–Trinajstić information content (AvgIpc) is 3.78. The van der Waals surface area contributed by atoms with Crippen LogP contribution in [0.15, 0.2) is 63.0 Å². The number of H-pyrrole nitrogens is 1. The number of fused-ring (bicyclic) bond motifs is 2. The first-order valence-corrected chi connectivity index (χ1v) is 15.0. The molecule has 2 fully saturated rings. The highest BCUT2D eigenvalue weighted by Crippen LogP contribution is 2.35. The molecule has 0 unspecified atom stereocenters. The van der Waals surface area contributed by atoms with E-state index in [2.05, 4.69) is 9.97 Å². The van der Waals surface area contributed by atoms with E-state index < -0.39 is 5.60 Å². The molecule has 8 heteroatoms. The van der Waals surface area contributed by atoms with Crippen LogP contribution in [0.4, 0.5) is 4.79 Å². The fraction of sp³-hybridized carbons (Fsp3) is 0.412. The van der Waals surface area contributed by atoms with Gasteiger partial charge < -0.3 is 14.1 Å². The van der Waals surface area contributed by atoms with E-state index in [1.54, 1.807) is 4.90 Å². The summed E-state index contributed by atoms with van der Waals surface area (Å²) in [6, 6.07) is 11.4. The number of carbonyl (C=O) groups excluding carboxylic acids is 1. The Balaban J connectivity index is 1.12. The highest BCUT2D eigenvalue weighted by Gasteiger charge is 2.36. The number of aliphatic imine (C=N–C) groups is 1. The minimum absolute atomic E-state index is 0.0496. The molecular formula is C34H36N4O4. The van der Waals surface area contributed by atoms with Crippen LogP contribution < -0.4 is 5.43 Å². The summed E-state index contributed by atoms with van der Waals surface area (Å²) in [7, 11) is 0. The number of carbonyl (C=O) groups is 1. The molecule has 0 spiro atoms. The number of hydrogen-bond acceptors (Lipinski definition) is 6. The maximum atomic E-state index is 13.6. The van der Waals surface area contributed by atoms with Crippen LogP contribution in [0, 0.1) is 0 Å². The van der Waals surface area contributed by atoms with E-state index in [0.29, 0.717) is 40.8 Å². The first-order chi connectivity index (χ1) is 20.2. The van der Waals surface area contributed by atoms with Gasteiger partial charge in [-0.2, -0.15) is 0 Å². The first-order valence-electron chi connectivity index (χ1n) is 15.0. The minimum Gasteiger partial charge on any atom is -0.456 e. The van der Waals surface area contributed by atoms with Gasteiger partial charge in [-0.05, 0) is 87.9 Å². The standard InChI is InChI=1S/C34H36N4O4/c1-34(2,3)42-33(40)38-14-6-9-28(38)26-16-23(18-35-26)21-10-12-24-30(17-21)41-29-13-11-22(15-25(29)31(24)39)27-19-36-32(37-27)20-7-4-5-8-20/h10-13,15,17-20,28H,4-9,14,16H2,1-3H3,(H,36,37)/t28-/m0/s1. The monoisotopic (exact) mass is 564 g/mol. The summed E-state index contributed by atoms with van der Waals surface area (Å²) in [6.07, 6.45) is 10.8. The summed E-state index contributed by atoms with van der Waals surface area (Å²) < 4.78 is 11.9. The molecule has 0 bridgehead atoms. The number of rotatable bonds is 4. The molecule has 2 aliphatic heterocycles. The summed E-state index contributed by atoms with van der Waals surface area (Å²) in [4.78, 5) is 41.0. The van der Waals surface area contributed by atoms with Crippen LogP contribution in [-0.2, 0) is 4.74 Å². The van der Waals surface area contributed by atoms with Crippen LogP contribution in [0.3, 0.4) is 0 Å². The quantitative estimate of drug-likeness (QED) is 0.258. The Morgan fingerprint density at radius 1 is 1.00 bits per heavy atom. The number of hydrogen-bond donors (Lipinski definition) is 1. The number of aromatic amines is 1. The third-order valence-corrected chi connectivity index (χ3v) is 8.71. The molecule has 1 atom stereocenters. The average molecular weight is 565 g/mol. The number of allylic oxidation sites excluding steroid dienone is 1. The SMILES string of the molecule is CC(C)(C)OC(=O)N1CCC[C@H]1C1=NC=C(c2ccc3c(=O)c4cc(-c5cnc(C6CCCC6)[nH]5)ccc4oc3c2)C1. The number of nitrogens with one attached hydrogen (secondary N) is 1. The van der Waals surface area contributed by atoms with Gasteiger partial charge in [0.25, 0.3) is 0 Å². The summed E-state index contributed by atoms with van der Waals surface area (Å²) in [5, 5.41) is 1.10. The lowest BCUT2D eigenvalue weighted by Crippen LogP contribution is -2.43. The Hall–Kier alpha value is -4.20.